The summed E-state index contributed by atoms with van der Waals surface area (Å²) in [5.74, 6) is 3.46. The normalized spacial score (nSPS) is 18.8. The molecule has 112 valence electrons. The largest absolute Gasteiger partial charge is 0.378 e. The summed E-state index contributed by atoms with van der Waals surface area (Å²) >= 11 is 5.37. The summed E-state index contributed by atoms with van der Waals surface area (Å²) in [6.07, 6.45) is 0. The predicted octanol–water partition coefficient (Wildman–Crippen LogP) is 3.77. The van der Waals surface area contributed by atoms with Gasteiger partial charge < -0.3 is 5.32 Å². The lowest BCUT2D eigenvalue weighted by Crippen LogP contribution is -2.23. The number of thioether (sulfide) groups is 2. The molecule has 3 rings (SSSR count). The van der Waals surface area contributed by atoms with E-state index in [9.17, 15) is 10.1 Å². The summed E-state index contributed by atoms with van der Waals surface area (Å²) in [6, 6.07) is 3.43. The first-order valence-electron chi connectivity index (χ1n) is 6.62. The fourth-order valence-corrected chi connectivity index (χ4v) is 5.70. The second-order valence-corrected chi connectivity index (χ2v) is 8.57. The number of rotatable bonds is 4. The Kier molecular flexibility index (Phi) is 4.56. The van der Waals surface area contributed by atoms with Crippen molar-refractivity contribution in [2.24, 2.45) is 0 Å². The molecule has 0 amide bonds. The van der Waals surface area contributed by atoms with Crippen molar-refractivity contribution in [2.75, 3.05) is 29.1 Å². The Balaban J connectivity index is 1.84. The van der Waals surface area contributed by atoms with Crippen LogP contribution in [0.3, 0.4) is 0 Å². The van der Waals surface area contributed by atoms with Gasteiger partial charge in [0.2, 0.25) is 0 Å². The van der Waals surface area contributed by atoms with Gasteiger partial charge in [0.15, 0.2) is 0 Å². The Hall–Kier alpha value is -0.990. The van der Waals surface area contributed by atoms with E-state index in [4.69, 9.17) is 0 Å². The van der Waals surface area contributed by atoms with E-state index in [0.717, 1.165) is 33.3 Å². The van der Waals surface area contributed by atoms with E-state index in [1.807, 2.05) is 30.4 Å². The average molecular weight is 341 g/mol. The van der Waals surface area contributed by atoms with Crippen molar-refractivity contribution >= 4 is 56.5 Å². The SMILES string of the molecule is Cc1nc2cc(NCC3CSCCS3)c([N+](=O)[O-])cc2s1. The summed E-state index contributed by atoms with van der Waals surface area (Å²) in [5.41, 5.74) is 1.55. The van der Waals surface area contributed by atoms with Crippen molar-refractivity contribution in [3.63, 3.8) is 0 Å². The number of thiazole rings is 1. The Morgan fingerprint density at radius 3 is 3.05 bits per heavy atom. The minimum Gasteiger partial charge on any atom is -0.378 e. The van der Waals surface area contributed by atoms with Crippen LogP contribution in [0.15, 0.2) is 12.1 Å². The van der Waals surface area contributed by atoms with Crippen LogP contribution in [0.25, 0.3) is 10.2 Å². The third kappa shape index (κ3) is 3.44. The molecule has 1 aliphatic heterocycles. The average Bonchev–Trinajstić information content (AvgIpc) is 2.84. The maximum Gasteiger partial charge on any atom is 0.293 e. The minimum absolute atomic E-state index is 0.139. The molecular formula is C13H15N3O2S3. The monoisotopic (exact) mass is 341 g/mol. The molecule has 2 heterocycles. The van der Waals surface area contributed by atoms with E-state index in [2.05, 4.69) is 10.3 Å². The zero-order valence-corrected chi connectivity index (χ0v) is 13.9. The summed E-state index contributed by atoms with van der Waals surface area (Å²) in [6.45, 7) is 2.67. The van der Waals surface area contributed by atoms with Crippen molar-refractivity contribution < 1.29 is 4.92 Å². The van der Waals surface area contributed by atoms with E-state index in [0.29, 0.717) is 10.9 Å². The number of fused-ring (bicyclic) bond motifs is 1. The van der Waals surface area contributed by atoms with Crippen molar-refractivity contribution in [1.82, 2.24) is 4.98 Å². The van der Waals surface area contributed by atoms with Gasteiger partial charge in [-0.3, -0.25) is 10.1 Å². The molecule has 2 aromatic rings. The van der Waals surface area contributed by atoms with Crippen LogP contribution < -0.4 is 5.32 Å². The molecule has 0 saturated carbocycles. The first-order valence-corrected chi connectivity index (χ1v) is 9.64. The number of nitro benzene ring substituents is 1. The molecule has 1 saturated heterocycles. The molecule has 1 aliphatic rings. The number of nitrogens with one attached hydrogen (secondary N) is 1. The maximum atomic E-state index is 11.3. The highest BCUT2D eigenvalue weighted by molar-refractivity contribution is 8.06. The van der Waals surface area contributed by atoms with Gasteiger partial charge in [-0.2, -0.15) is 23.5 Å². The molecule has 0 radical (unpaired) electrons. The second-order valence-electron chi connectivity index (χ2n) is 4.78. The Bertz CT molecular complexity index is 668. The minimum atomic E-state index is -0.320. The molecule has 0 bridgehead atoms. The van der Waals surface area contributed by atoms with Crippen molar-refractivity contribution in [2.45, 2.75) is 12.2 Å². The van der Waals surface area contributed by atoms with Crippen LogP contribution in [0.5, 0.6) is 0 Å². The fourth-order valence-electron chi connectivity index (χ4n) is 2.25. The molecule has 1 unspecified atom stereocenters. The zero-order chi connectivity index (χ0) is 14.8. The van der Waals surface area contributed by atoms with Crippen LogP contribution in [0.4, 0.5) is 11.4 Å². The zero-order valence-electron chi connectivity index (χ0n) is 11.5. The number of aromatic nitrogens is 1. The number of hydrogen-bond donors (Lipinski definition) is 1. The smallest absolute Gasteiger partial charge is 0.293 e. The third-order valence-corrected chi connectivity index (χ3v) is 6.99. The van der Waals surface area contributed by atoms with Gasteiger partial charge in [0, 0.05) is 35.1 Å². The quantitative estimate of drug-likeness (QED) is 0.674. The lowest BCUT2D eigenvalue weighted by atomic mass is 10.2. The summed E-state index contributed by atoms with van der Waals surface area (Å²) < 4.78 is 0.868. The number of hydrogen-bond acceptors (Lipinski definition) is 7. The highest BCUT2D eigenvalue weighted by atomic mass is 32.2. The highest BCUT2D eigenvalue weighted by Crippen LogP contribution is 2.33. The molecule has 0 aliphatic carbocycles. The van der Waals surface area contributed by atoms with Crippen LogP contribution in [0.2, 0.25) is 0 Å². The fraction of sp³-hybridized carbons (Fsp3) is 0.462. The van der Waals surface area contributed by atoms with Gasteiger partial charge in [0.1, 0.15) is 5.69 Å². The Labute approximate surface area is 135 Å². The molecule has 5 nitrogen and oxygen atoms in total. The maximum absolute atomic E-state index is 11.3. The predicted molar refractivity (Wildman–Crippen MR) is 93.1 cm³/mol. The van der Waals surface area contributed by atoms with Crippen LogP contribution in [-0.2, 0) is 0 Å². The first kappa shape index (κ1) is 14.9. The number of anilines is 1. The van der Waals surface area contributed by atoms with Crippen LogP contribution in [-0.4, -0.2) is 39.0 Å². The second kappa shape index (κ2) is 6.41. The number of benzene rings is 1. The Morgan fingerprint density at radius 1 is 1.48 bits per heavy atom. The van der Waals surface area contributed by atoms with E-state index in [-0.39, 0.29) is 10.6 Å². The van der Waals surface area contributed by atoms with Gasteiger partial charge in [-0.25, -0.2) is 4.98 Å². The summed E-state index contributed by atoms with van der Waals surface area (Å²) in [4.78, 5) is 15.4. The van der Waals surface area contributed by atoms with Crippen molar-refractivity contribution in [3.8, 4) is 0 Å². The third-order valence-electron chi connectivity index (χ3n) is 3.21. The highest BCUT2D eigenvalue weighted by Gasteiger charge is 2.19. The van der Waals surface area contributed by atoms with Gasteiger partial charge in [0.05, 0.1) is 20.1 Å². The summed E-state index contributed by atoms with van der Waals surface area (Å²) in [7, 11) is 0. The van der Waals surface area contributed by atoms with E-state index < -0.39 is 0 Å². The lowest BCUT2D eigenvalue weighted by Gasteiger charge is -2.21. The number of aryl methyl sites for hydroxylation is 1. The lowest BCUT2D eigenvalue weighted by molar-refractivity contribution is -0.383. The van der Waals surface area contributed by atoms with Gasteiger partial charge in [-0.1, -0.05) is 0 Å². The summed E-state index contributed by atoms with van der Waals surface area (Å²) in [5, 5.41) is 16.0. The van der Waals surface area contributed by atoms with Gasteiger partial charge in [-0.05, 0) is 13.0 Å². The van der Waals surface area contributed by atoms with E-state index in [1.54, 1.807) is 12.1 Å². The number of nitro groups is 1. The molecule has 0 spiro atoms. The molecule has 1 aromatic heterocycles. The molecule has 21 heavy (non-hydrogen) atoms. The standard InChI is InChI=1S/C13H15N3O2S3/c1-8-15-11-4-10(12(16(17)18)5-13(11)21-8)14-6-9-7-19-2-3-20-9/h4-5,9,14H,2-3,6-7H2,1H3. The molecule has 1 fully saturated rings. The number of nitrogens with zero attached hydrogens (tertiary/aromatic N) is 2. The van der Waals surface area contributed by atoms with Gasteiger partial charge in [-0.15, -0.1) is 11.3 Å². The van der Waals surface area contributed by atoms with Crippen molar-refractivity contribution in [1.29, 1.82) is 0 Å². The first-order chi connectivity index (χ1) is 10.1. The molecular weight excluding hydrogens is 326 g/mol. The molecule has 8 heteroatoms. The van der Waals surface area contributed by atoms with Crippen LogP contribution in [0, 0.1) is 17.0 Å². The topological polar surface area (TPSA) is 68.1 Å². The van der Waals surface area contributed by atoms with Crippen molar-refractivity contribution in [3.05, 3.63) is 27.3 Å². The van der Waals surface area contributed by atoms with Crippen LogP contribution >= 0.6 is 34.9 Å². The van der Waals surface area contributed by atoms with Crippen LogP contribution in [0.1, 0.15) is 5.01 Å². The van der Waals surface area contributed by atoms with Gasteiger partial charge >= 0.3 is 0 Å². The van der Waals surface area contributed by atoms with E-state index >= 15 is 0 Å². The van der Waals surface area contributed by atoms with Gasteiger partial charge in [0.25, 0.3) is 5.69 Å². The van der Waals surface area contributed by atoms with E-state index in [1.165, 1.54) is 17.1 Å². The molecule has 1 atom stereocenters. The molecule has 1 aromatic carbocycles. The molecule has 1 N–H and O–H groups in total. The Morgan fingerprint density at radius 2 is 2.33 bits per heavy atom.